The number of hydrogen-bond acceptors (Lipinski definition) is 3. The number of benzene rings is 2. The maximum atomic E-state index is 4.79. The van der Waals surface area contributed by atoms with E-state index < -0.39 is 0 Å². The van der Waals surface area contributed by atoms with Gasteiger partial charge in [0.1, 0.15) is 0 Å². The third-order valence-corrected chi connectivity index (χ3v) is 5.68. The van der Waals surface area contributed by atoms with Crippen LogP contribution in [0.2, 0.25) is 0 Å². The van der Waals surface area contributed by atoms with Crippen molar-refractivity contribution in [1.82, 2.24) is 14.3 Å². The Balaban J connectivity index is 1.51. The van der Waals surface area contributed by atoms with Crippen LogP contribution in [0.5, 0.6) is 0 Å². The van der Waals surface area contributed by atoms with Crippen LogP contribution in [0.25, 0.3) is 16.0 Å². The summed E-state index contributed by atoms with van der Waals surface area (Å²) in [5.74, 6) is 0. The Bertz CT molecular complexity index is 984. The van der Waals surface area contributed by atoms with E-state index in [4.69, 9.17) is 4.98 Å². The lowest BCUT2D eigenvalue weighted by atomic mass is 10.1. The molecule has 3 nitrogen and oxygen atoms in total. The predicted octanol–water partition coefficient (Wildman–Crippen LogP) is 4.11. The van der Waals surface area contributed by atoms with E-state index in [1.165, 1.54) is 21.7 Å². The Kier molecular flexibility index (Phi) is 2.99. The minimum atomic E-state index is 1.03. The topological polar surface area (TPSA) is 20.5 Å². The molecular weight excluding hydrogens is 302 g/mol. The van der Waals surface area contributed by atoms with Gasteiger partial charge in [-0.05, 0) is 17.7 Å². The van der Waals surface area contributed by atoms with E-state index in [1.54, 1.807) is 0 Å². The maximum absolute atomic E-state index is 4.79. The van der Waals surface area contributed by atoms with Crippen LogP contribution in [-0.4, -0.2) is 20.8 Å². The van der Waals surface area contributed by atoms with Crippen LogP contribution in [0.15, 0.2) is 54.6 Å². The van der Waals surface area contributed by atoms with Gasteiger partial charge >= 0.3 is 0 Å². The fourth-order valence-electron chi connectivity index (χ4n) is 3.52. The first-order valence-electron chi connectivity index (χ1n) is 8.02. The van der Waals surface area contributed by atoms with E-state index in [-0.39, 0.29) is 0 Å². The summed E-state index contributed by atoms with van der Waals surface area (Å²) in [5, 5.41) is 0. The van der Waals surface area contributed by atoms with E-state index in [9.17, 15) is 0 Å². The molecule has 1 aliphatic rings. The maximum Gasteiger partial charge on any atom is 0.195 e. The highest BCUT2D eigenvalue weighted by atomic mass is 32.1. The van der Waals surface area contributed by atoms with Crippen LogP contribution in [-0.2, 0) is 19.5 Å². The molecular formula is C19H17N3S. The van der Waals surface area contributed by atoms with Crippen molar-refractivity contribution in [2.75, 3.05) is 6.54 Å². The molecule has 2 aromatic heterocycles. The first kappa shape index (κ1) is 13.3. The summed E-state index contributed by atoms with van der Waals surface area (Å²) in [4.78, 5) is 9.94. The molecule has 0 amide bonds. The summed E-state index contributed by atoms with van der Waals surface area (Å²) in [6, 6.07) is 19.2. The monoisotopic (exact) mass is 319 g/mol. The molecule has 0 spiro atoms. The number of nitrogens with zero attached hydrogens (tertiary/aromatic N) is 3. The Morgan fingerprint density at radius 2 is 1.83 bits per heavy atom. The number of imidazole rings is 1. The molecule has 0 atom stereocenters. The third kappa shape index (κ3) is 2.18. The van der Waals surface area contributed by atoms with Crippen LogP contribution in [0.4, 0.5) is 0 Å². The first-order valence-corrected chi connectivity index (χ1v) is 8.84. The molecule has 0 aliphatic carbocycles. The van der Waals surface area contributed by atoms with Crippen molar-refractivity contribution in [2.24, 2.45) is 0 Å². The van der Waals surface area contributed by atoms with Crippen molar-refractivity contribution in [2.45, 2.75) is 19.5 Å². The van der Waals surface area contributed by atoms with Crippen molar-refractivity contribution in [3.63, 3.8) is 0 Å². The number of aromatic nitrogens is 2. The largest absolute Gasteiger partial charge is 0.294 e. The van der Waals surface area contributed by atoms with Crippen molar-refractivity contribution >= 4 is 27.3 Å². The van der Waals surface area contributed by atoms with E-state index in [0.717, 1.165) is 36.5 Å². The predicted molar refractivity (Wildman–Crippen MR) is 94.8 cm³/mol. The molecule has 0 N–H and O–H groups in total. The molecule has 0 fully saturated rings. The van der Waals surface area contributed by atoms with Gasteiger partial charge in [0.15, 0.2) is 4.96 Å². The van der Waals surface area contributed by atoms with Gasteiger partial charge in [0.2, 0.25) is 0 Å². The number of rotatable bonds is 2. The highest BCUT2D eigenvalue weighted by Crippen LogP contribution is 2.32. The molecule has 2 aromatic carbocycles. The SMILES string of the molecule is c1ccc(CN2CCc3c(sc4nc5ccccc5n34)C2)cc1. The van der Waals surface area contributed by atoms with Crippen molar-refractivity contribution in [3.05, 3.63) is 70.7 Å². The molecule has 0 radical (unpaired) electrons. The lowest BCUT2D eigenvalue weighted by Gasteiger charge is -2.26. The number of fused-ring (bicyclic) bond motifs is 5. The van der Waals surface area contributed by atoms with Gasteiger partial charge in [0.25, 0.3) is 0 Å². The summed E-state index contributed by atoms with van der Waals surface area (Å²) in [6.45, 7) is 3.17. The molecule has 0 bridgehead atoms. The Labute approximate surface area is 138 Å². The second kappa shape index (κ2) is 5.18. The third-order valence-electron chi connectivity index (χ3n) is 4.62. The van der Waals surface area contributed by atoms with Crippen LogP contribution >= 0.6 is 11.3 Å². The van der Waals surface area contributed by atoms with E-state index in [2.05, 4.69) is 63.9 Å². The zero-order chi connectivity index (χ0) is 15.2. The summed E-state index contributed by atoms with van der Waals surface area (Å²) in [5.41, 5.74) is 5.20. The minimum absolute atomic E-state index is 1.03. The number of hydrogen-bond donors (Lipinski definition) is 0. The quantitative estimate of drug-likeness (QED) is 0.554. The molecule has 3 heterocycles. The summed E-state index contributed by atoms with van der Waals surface area (Å²) in [6.07, 6.45) is 1.10. The molecule has 0 unspecified atom stereocenters. The second-order valence-electron chi connectivity index (χ2n) is 6.14. The highest BCUT2D eigenvalue weighted by Gasteiger charge is 2.23. The average molecular weight is 319 g/mol. The van der Waals surface area contributed by atoms with Crippen LogP contribution in [0.3, 0.4) is 0 Å². The fourth-order valence-corrected chi connectivity index (χ4v) is 4.75. The zero-order valence-corrected chi connectivity index (χ0v) is 13.6. The number of para-hydroxylation sites is 2. The van der Waals surface area contributed by atoms with E-state index in [0.29, 0.717) is 0 Å². The van der Waals surface area contributed by atoms with Gasteiger partial charge in [-0.2, -0.15) is 0 Å². The van der Waals surface area contributed by atoms with Crippen molar-refractivity contribution in [3.8, 4) is 0 Å². The van der Waals surface area contributed by atoms with Crippen LogP contribution < -0.4 is 0 Å². The fraction of sp³-hybridized carbons (Fsp3) is 0.211. The molecule has 4 aromatic rings. The summed E-state index contributed by atoms with van der Waals surface area (Å²) in [7, 11) is 0. The molecule has 23 heavy (non-hydrogen) atoms. The molecule has 4 heteroatoms. The second-order valence-corrected chi connectivity index (χ2v) is 7.20. The van der Waals surface area contributed by atoms with Gasteiger partial charge in [-0.15, -0.1) is 0 Å². The van der Waals surface area contributed by atoms with Gasteiger partial charge < -0.3 is 0 Å². The van der Waals surface area contributed by atoms with Crippen LogP contribution in [0.1, 0.15) is 16.1 Å². The zero-order valence-electron chi connectivity index (χ0n) is 12.8. The van der Waals surface area contributed by atoms with Gasteiger partial charge in [-0.25, -0.2) is 4.98 Å². The molecule has 1 aliphatic heterocycles. The Morgan fingerprint density at radius 3 is 2.74 bits per heavy atom. The van der Waals surface area contributed by atoms with Gasteiger partial charge in [-0.3, -0.25) is 9.30 Å². The first-order chi connectivity index (χ1) is 11.4. The highest BCUT2D eigenvalue weighted by molar-refractivity contribution is 7.17. The standard InChI is InChI=1S/C19H17N3S/c1-2-6-14(7-3-1)12-21-11-10-17-18(13-21)23-19-20-15-8-4-5-9-16(15)22(17)19/h1-9H,10-13H2. The molecule has 114 valence electrons. The van der Waals surface area contributed by atoms with Gasteiger partial charge in [-0.1, -0.05) is 53.8 Å². The summed E-state index contributed by atoms with van der Waals surface area (Å²) < 4.78 is 2.37. The molecule has 0 saturated heterocycles. The summed E-state index contributed by atoms with van der Waals surface area (Å²) >= 11 is 1.85. The van der Waals surface area contributed by atoms with E-state index in [1.807, 2.05) is 11.3 Å². The van der Waals surface area contributed by atoms with Gasteiger partial charge in [0, 0.05) is 36.6 Å². The normalized spacial score (nSPS) is 15.3. The Hall–Kier alpha value is -2.17. The minimum Gasteiger partial charge on any atom is -0.294 e. The smallest absolute Gasteiger partial charge is 0.195 e. The van der Waals surface area contributed by atoms with Crippen LogP contribution in [0, 0.1) is 0 Å². The molecule has 0 saturated carbocycles. The van der Waals surface area contributed by atoms with Crippen molar-refractivity contribution < 1.29 is 0 Å². The lowest BCUT2D eigenvalue weighted by molar-refractivity contribution is 0.246. The average Bonchev–Trinajstić information content (AvgIpc) is 3.11. The molecule has 5 rings (SSSR count). The lowest BCUT2D eigenvalue weighted by Crippen LogP contribution is -2.29. The Morgan fingerprint density at radius 1 is 1.00 bits per heavy atom. The number of thiazole rings is 1. The van der Waals surface area contributed by atoms with Crippen molar-refractivity contribution in [1.29, 1.82) is 0 Å². The van der Waals surface area contributed by atoms with Gasteiger partial charge in [0.05, 0.1) is 11.0 Å². The van der Waals surface area contributed by atoms with E-state index >= 15 is 0 Å².